The minimum atomic E-state index is -1.01. The Morgan fingerprint density at radius 2 is 1.74 bits per heavy atom. The van der Waals surface area contributed by atoms with Gasteiger partial charge >= 0.3 is 18.0 Å². The molecule has 10 nitrogen and oxygen atoms in total. The second-order valence-electron chi connectivity index (χ2n) is 8.59. The first kappa shape index (κ1) is 24.3. The number of oxazole rings is 1. The van der Waals surface area contributed by atoms with E-state index >= 15 is 0 Å². The van der Waals surface area contributed by atoms with Gasteiger partial charge in [0.05, 0.1) is 12.1 Å². The second-order valence-corrected chi connectivity index (χ2v) is 9.54. The van der Waals surface area contributed by atoms with Crippen LogP contribution in [-0.4, -0.2) is 52.4 Å². The van der Waals surface area contributed by atoms with E-state index in [-0.39, 0.29) is 18.0 Å². The van der Waals surface area contributed by atoms with Crippen molar-refractivity contribution in [1.29, 1.82) is 0 Å². The molecule has 0 spiro atoms. The Bertz CT molecular complexity index is 937. The van der Waals surface area contributed by atoms with Gasteiger partial charge in [0.2, 0.25) is 5.89 Å². The van der Waals surface area contributed by atoms with Crippen LogP contribution in [0, 0.1) is 0 Å². The van der Waals surface area contributed by atoms with Crippen LogP contribution in [0.1, 0.15) is 57.0 Å². The van der Waals surface area contributed by atoms with E-state index in [1.165, 1.54) is 24.7 Å². The Hall–Kier alpha value is -2.95. The van der Waals surface area contributed by atoms with Crippen molar-refractivity contribution in [3.8, 4) is 11.6 Å². The first-order valence-electron chi connectivity index (χ1n) is 9.48. The van der Waals surface area contributed by atoms with Gasteiger partial charge in [-0.25, -0.2) is 24.4 Å². The van der Waals surface area contributed by atoms with Gasteiger partial charge in [-0.15, -0.1) is 11.3 Å². The quantitative estimate of drug-likeness (QED) is 0.517. The Kier molecular flexibility index (Phi) is 7.42. The number of carbonyl (C=O) groups is 3. The number of methoxy groups -OCH3 is 1. The number of rotatable bonds is 6. The van der Waals surface area contributed by atoms with E-state index in [0.717, 1.165) is 0 Å². The maximum Gasteiger partial charge on any atom is 0.408 e. The molecule has 2 rings (SSSR count). The first-order chi connectivity index (χ1) is 14.3. The van der Waals surface area contributed by atoms with Gasteiger partial charge in [0.1, 0.15) is 29.2 Å². The molecule has 0 saturated carbocycles. The highest BCUT2D eigenvalue weighted by Crippen LogP contribution is 2.23. The molecule has 0 fully saturated rings. The van der Waals surface area contributed by atoms with E-state index in [0.29, 0.717) is 10.7 Å². The van der Waals surface area contributed by atoms with Crippen molar-refractivity contribution in [1.82, 2.24) is 15.3 Å². The van der Waals surface area contributed by atoms with E-state index in [1.807, 2.05) is 0 Å². The SMILES string of the molecule is COC(=O)c1coc(-c2csc(C[C@H](NC(=O)OC(C)(C)C)C(=O)OC(C)(C)C)n2)n1. The average Bonchev–Trinajstić information content (AvgIpc) is 3.26. The summed E-state index contributed by atoms with van der Waals surface area (Å²) in [4.78, 5) is 44.8. The van der Waals surface area contributed by atoms with Crippen molar-refractivity contribution in [3.05, 3.63) is 22.3 Å². The molecule has 11 heteroatoms. The molecule has 1 atom stereocenters. The van der Waals surface area contributed by atoms with E-state index in [9.17, 15) is 14.4 Å². The maximum atomic E-state index is 12.7. The maximum absolute atomic E-state index is 12.7. The number of nitrogens with one attached hydrogen (secondary N) is 1. The highest BCUT2D eigenvalue weighted by molar-refractivity contribution is 7.09. The lowest BCUT2D eigenvalue weighted by molar-refractivity contribution is -0.157. The predicted octanol–water partition coefficient (Wildman–Crippen LogP) is 3.36. The van der Waals surface area contributed by atoms with Crippen LogP contribution in [0.4, 0.5) is 4.79 Å². The van der Waals surface area contributed by atoms with Gasteiger partial charge < -0.3 is 23.9 Å². The van der Waals surface area contributed by atoms with Gasteiger partial charge in [-0.05, 0) is 41.5 Å². The van der Waals surface area contributed by atoms with Gasteiger partial charge in [-0.2, -0.15) is 0 Å². The van der Waals surface area contributed by atoms with Crippen LogP contribution in [0.5, 0.6) is 0 Å². The van der Waals surface area contributed by atoms with Crippen molar-refractivity contribution >= 4 is 29.4 Å². The molecule has 0 aliphatic carbocycles. The number of hydrogen-bond donors (Lipinski definition) is 1. The first-order valence-corrected chi connectivity index (χ1v) is 10.4. The molecular formula is C20H27N3O7S. The number of amides is 1. The number of esters is 2. The monoisotopic (exact) mass is 453 g/mol. The molecule has 0 aromatic carbocycles. The van der Waals surface area contributed by atoms with E-state index < -0.39 is 35.3 Å². The summed E-state index contributed by atoms with van der Waals surface area (Å²) < 4.78 is 20.5. The van der Waals surface area contributed by atoms with Crippen LogP contribution < -0.4 is 5.32 Å². The normalized spacial score (nSPS) is 12.7. The average molecular weight is 454 g/mol. The van der Waals surface area contributed by atoms with Crippen LogP contribution >= 0.6 is 11.3 Å². The molecule has 0 bridgehead atoms. The van der Waals surface area contributed by atoms with Crippen LogP contribution in [0.15, 0.2) is 16.1 Å². The number of hydrogen-bond acceptors (Lipinski definition) is 10. The number of alkyl carbamates (subject to hydrolysis) is 1. The zero-order valence-corrected chi connectivity index (χ0v) is 19.4. The lowest BCUT2D eigenvalue weighted by Crippen LogP contribution is -2.47. The molecule has 0 unspecified atom stereocenters. The predicted molar refractivity (Wildman–Crippen MR) is 112 cm³/mol. The molecule has 2 aromatic heterocycles. The number of thiazole rings is 1. The highest BCUT2D eigenvalue weighted by atomic mass is 32.1. The van der Waals surface area contributed by atoms with Crippen molar-refractivity contribution < 1.29 is 33.0 Å². The number of ether oxygens (including phenoxy) is 3. The third-order valence-corrected chi connectivity index (χ3v) is 4.30. The molecule has 0 radical (unpaired) electrons. The molecule has 0 saturated heterocycles. The number of aromatic nitrogens is 2. The second kappa shape index (κ2) is 9.46. The van der Waals surface area contributed by atoms with Gasteiger partial charge in [-0.1, -0.05) is 0 Å². The fourth-order valence-electron chi connectivity index (χ4n) is 2.28. The zero-order chi connectivity index (χ0) is 23.4. The number of nitrogens with zero attached hydrogens (tertiary/aromatic N) is 2. The Morgan fingerprint density at radius 3 is 2.32 bits per heavy atom. The summed E-state index contributed by atoms with van der Waals surface area (Å²) in [5, 5.41) is 4.75. The molecule has 0 aliphatic rings. The smallest absolute Gasteiger partial charge is 0.408 e. The fraction of sp³-hybridized carbons (Fsp3) is 0.550. The molecular weight excluding hydrogens is 426 g/mol. The number of carbonyl (C=O) groups excluding carboxylic acids is 3. The summed E-state index contributed by atoms with van der Waals surface area (Å²) in [6, 6.07) is -1.01. The summed E-state index contributed by atoms with van der Waals surface area (Å²) in [5.41, 5.74) is -1.05. The van der Waals surface area contributed by atoms with Crippen LogP contribution in [0.3, 0.4) is 0 Å². The van der Waals surface area contributed by atoms with Crippen LogP contribution in [-0.2, 0) is 25.4 Å². The Morgan fingerprint density at radius 1 is 1.10 bits per heavy atom. The summed E-state index contributed by atoms with van der Waals surface area (Å²) >= 11 is 1.24. The summed E-state index contributed by atoms with van der Waals surface area (Å²) in [7, 11) is 1.24. The summed E-state index contributed by atoms with van der Waals surface area (Å²) in [5.74, 6) is -1.10. The van der Waals surface area contributed by atoms with Crippen LogP contribution in [0.2, 0.25) is 0 Å². The summed E-state index contributed by atoms with van der Waals surface area (Å²) in [6.07, 6.45) is 0.507. The molecule has 1 N–H and O–H groups in total. The largest absolute Gasteiger partial charge is 0.464 e. The topological polar surface area (TPSA) is 130 Å². The lowest BCUT2D eigenvalue weighted by Gasteiger charge is -2.25. The van der Waals surface area contributed by atoms with Gasteiger partial charge in [0.15, 0.2) is 5.69 Å². The molecule has 31 heavy (non-hydrogen) atoms. The molecule has 2 heterocycles. The molecule has 2 aromatic rings. The minimum absolute atomic E-state index is 0.0188. The van der Waals surface area contributed by atoms with Gasteiger partial charge in [0.25, 0.3) is 0 Å². The fourth-order valence-corrected chi connectivity index (χ4v) is 3.10. The van der Waals surface area contributed by atoms with E-state index in [4.69, 9.17) is 13.9 Å². The van der Waals surface area contributed by atoms with Crippen molar-refractivity contribution in [2.24, 2.45) is 0 Å². The highest BCUT2D eigenvalue weighted by Gasteiger charge is 2.30. The third-order valence-electron chi connectivity index (χ3n) is 3.43. The molecule has 0 aliphatic heterocycles. The van der Waals surface area contributed by atoms with Crippen molar-refractivity contribution in [2.45, 2.75) is 65.2 Å². The standard InChI is InChI=1S/C20H27N3O7S/c1-19(2,3)29-17(25)11(23-18(26)30-20(4,5)6)8-14-21-13(10-31-14)15-22-12(9-28-15)16(24)27-7/h9-11H,8H2,1-7H3,(H,23,26)/t11-/m0/s1. The van der Waals surface area contributed by atoms with Gasteiger partial charge in [0, 0.05) is 11.8 Å². The zero-order valence-electron chi connectivity index (χ0n) is 18.6. The minimum Gasteiger partial charge on any atom is -0.464 e. The van der Waals surface area contributed by atoms with Crippen molar-refractivity contribution in [2.75, 3.05) is 7.11 Å². The molecule has 1 amide bonds. The van der Waals surface area contributed by atoms with E-state index in [1.54, 1.807) is 46.9 Å². The van der Waals surface area contributed by atoms with Crippen molar-refractivity contribution in [3.63, 3.8) is 0 Å². The van der Waals surface area contributed by atoms with Gasteiger partial charge in [-0.3, -0.25) is 0 Å². The Balaban J connectivity index is 2.18. The van der Waals surface area contributed by atoms with Crippen LogP contribution in [0.25, 0.3) is 11.6 Å². The van der Waals surface area contributed by atoms with E-state index in [2.05, 4.69) is 20.0 Å². The Labute approximate surface area is 184 Å². The molecule has 170 valence electrons. The third kappa shape index (κ3) is 7.67. The summed E-state index contributed by atoms with van der Waals surface area (Å²) in [6.45, 7) is 10.4. The lowest BCUT2D eigenvalue weighted by atomic mass is 10.1.